The third-order valence-corrected chi connectivity index (χ3v) is 5.66. The molecule has 3 rings (SSSR count). The highest BCUT2D eigenvalue weighted by Gasteiger charge is 2.32. The van der Waals surface area contributed by atoms with E-state index in [1.54, 1.807) is 24.8 Å². The van der Waals surface area contributed by atoms with E-state index in [4.69, 9.17) is 4.42 Å². The van der Waals surface area contributed by atoms with Crippen molar-refractivity contribution in [2.75, 3.05) is 19.6 Å². The Bertz CT molecular complexity index is 784. The second-order valence-electron chi connectivity index (χ2n) is 6.86. The number of furan rings is 1. The molecule has 2 amide bonds. The van der Waals surface area contributed by atoms with E-state index in [9.17, 15) is 14.7 Å². The van der Waals surface area contributed by atoms with Gasteiger partial charge in [0.25, 0.3) is 11.8 Å². The maximum Gasteiger partial charge on any atom is 0.263 e. The molecule has 26 heavy (non-hydrogen) atoms. The molecular weight excluding hydrogens is 352 g/mol. The first kappa shape index (κ1) is 18.7. The molecule has 0 bridgehead atoms. The number of hydrogen-bond acceptors (Lipinski definition) is 5. The number of thiophene rings is 1. The normalized spacial score (nSPS) is 20.7. The van der Waals surface area contributed by atoms with Crippen molar-refractivity contribution in [3.63, 3.8) is 0 Å². The minimum Gasteiger partial charge on any atom is -0.466 e. The standard InChI is InChI=1S/C19H24N2O4S/c1-13-11-15(14(2)25-13)17(22)20-12-19(24)6-4-8-21(9-7-19)18(23)16-5-3-10-26-16/h3,5,10-11,24H,4,6-9,12H2,1-2H3,(H,20,22). The van der Waals surface area contributed by atoms with Gasteiger partial charge in [0.2, 0.25) is 0 Å². The number of aryl methyl sites for hydroxylation is 2. The van der Waals surface area contributed by atoms with Crippen molar-refractivity contribution < 1.29 is 19.1 Å². The molecule has 0 spiro atoms. The van der Waals surface area contributed by atoms with Gasteiger partial charge < -0.3 is 19.7 Å². The molecule has 0 radical (unpaired) electrons. The van der Waals surface area contributed by atoms with Gasteiger partial charge in [-0.3, -0.25) is 9.59 Å². The van der Waals surface area contributed by atoms with Crippen molar-refractivity contribution in [2.24, 2.45) is 0 Å². The predicted molar refractivity (Wildman–Crippen MR) is 99.5 cm³/mol. The molecule has 1 atom stereocenters. The van der Waals surface area contributed by atoms with Gasteiger partial charge >= 0.3 is 0 Å². The van der Waals surface area contributed by atoms with Crippen LogP contribution in [-0.4, -0.2) is 47.1 Å². The van der Waals surface area contributed by atoms with Gasteiger partial charge in [-0.05, 0) is 50.6 Å². The zero-order valence-electron chi connectivity index (χ0n) is 15.1. The molecule has 1 aliphatic rings. The molecule has 7 heteroatoms. The molecule has 1 aliphatic heterocycles. The van der Waals surface area contributed by atoms with Crippen LogP contribution in [0.3, 0.4) is 0 Å². The molecule has 3 heterocycles. The first-order valence-electron chi connectivity index (χ1n) is 8.78. The largest absolute Gasteiger partial charge is 0.466 e. The van der Waals surface area contributed by atoms with E-state index in [1.165, 1.54) is 11.3 Å². The number of amides is 2. The van der Waals surface area contributed by atoms with E-state index in [-0.39, 0.29) is 18.4 Å². The molecule has 0 saturated carbocycles. The van der Waals surface area contributed by atoms with Crippen LogP contribution in [0.15, 0.2) is 28.0 Å². The Hall–Kier alpha value is -2.12. The van der Waals surface area contributed by atoms with E-state index in [0.717, 1.165) is 4.88 Å². The van der Waals surface area contributed by atoms with Crippen LogP contribution in [0.4, 0.5) is 0 Å². The van der Waals surface area contributed by atoms with Gasteiger partial charge in [0.1, 0.15) is 11.5 Å². The number of nitrogens with one attached hydrogen (secondary N) is 1. The summed E-state index contributed by atoms with van der Waals surface area (Å²) in [4.78, 5) is 27.3. The van der Waals surface area contributed by atoms with E-state index in [0.29, 0.717) is 49.4 Å². The number of likely N-dealkylation sites (tertiary alicyclic amines) is 1. The Morgan fingerprint density at radius 3 is 2.81 bits per heavy atom. The van der Waals surface area contributed by atoms with Gasteiger partial charge in [-0.15, -0.1) is 11.3 Å². The Morgan fingerprint density at radius 2 is 2.15 bits per heavy atom. The molecule has 6 nitrogen and oxygen atoms in total. The van der Waals surface area contributed by atoms with Gasteiger partial charge in [0.05, 0.1) is 16.0 Å². The topological polar surface area (TPSA) is 82.8 Å². The summed E-state index contributed by atoms with van der Waals surface area (Å²) >= 11 is 1.43. The summed E-state index contributed by atoms with van der Waals surface area (Å²) in [5.41, 5.74) is -0.512. The monoisotopic (exact) mass is 376 g/mol. The number of rotatable bonds is 4. The number of aliphatic hydroxyl groups is 1. The van der Waals surface area contributed by atoms with Crippen molar-refractivity contribution in [2.45, 2.75) is 38.7 Å². The highest BCUT2D eigenvalue weighted by Crippen LogP contribution is 2.24. The molecule has 0 aliphatic carbocycles. The highest BCUT2D eigenvalue weighted by molar-refractivity contribution is 7.12. The smallest absolute Gasteiger partial charge is 0.263 e. The molecule has 1 saturated heterocycles. The van der Waals surface area contributed by atoms with Gasteiger partial charge in [-0.25, -0.2) is 0 Å². The lowest BCUT2D eigenvalue weighted by atomic mass is 9.95. The zero-order valence-corrected chi connectivity index (χ0v) is 15.9. The van der Waals surface area contributed by atoms with Crippen LogP contribution in [0.1, 0.15) is 50.8 Å². The summed E-state index contributed by atoms with van der Waals surface area (Å²) in [7, 11) is 0. The molecule has 1 fully saturated rings. The average Bonchev–Trinajstić information content (AvgIpc) is 3.20. The maximum atomic E-state index is 12.5. The van der Waals surface area contributed by atoms with Crippen LogP contribution in [0.25, 0.3) is 0 Å². The van der Waals surface area contributed by atoms with E-state index in [1.807, 2.05) is 17.5 Å². The fraction of sp³-hybridized carbons (Fsp3) is 0.474. The average molecular weight is 376 g/mol. The maximum absolute atomic E-state index is 12.5. The third-order valence-electron chi connectivity index (χ3n) is 4.80. The Balaban J connectivity index is 1.58. The predicted octanol–water partition coefficient (Wildman–Crippen LogP) is 2.75. The quantitative estimate of drug-likeness (QED) is 0.860. The molecule has 0 aromatic carbocycles. The summed E-state index contributed by atoms with van der Waals surface area (Å²) in [6, 6.07) is 5.38. The first-order valence-corrected chi connectivity index (χ1v) is 9.66. The van der Waals surface area contributed by atoms with Gasteiger partial charge in [0.15, 0.2) is 0 Å². The van der Waals surface area contributed by atoms with E-state index < -0.39 is 5.60 Å². The van der Waals surface area contributed by atoms with E-state index in [2.05, 4.69) is 5.32 Å². The van der Waals surface area contributed by atoms with E-state index >= 15 is 0 Å². The lowest BCUT2D eigenvalue weighted by molar-refractivity contribution is 0.0249. The van der Waals surface area contributed by atoms with Crippen molar-refractivity contribution in [1.29, 1.82) is 0 Å². The number of nitrogens with zero attached hydrogens (tertiary/aromatic N) is 1. The molecule has 2 N–H and O–H groups in total. The number of carbonyl (C=O) groups is 2. The Morgan fingerprint density at radius 1 is 1.35 bits per heavy atom. The second-order valence-corrected chi connectivity index (χ2v) is 7.80. The molecule has 140 valence electrons. The molecular formula is C19H24N2O4S. The molecule has 1 unspecified atom stereocenters. The third kappa shape index (κ3) is 4.16. The van der Waals surface area contributed by atoms with Gasteiger partial charge in [-0.2, -0.15) is 0 Å². The zero-order chi connectivity index (χ0) is 18.7. The Labute approximate surface area is 156 Å². The SMILES string of the molecule is Cc1cc(C(=O)NCC2(O)CCCN(C(=O)c3cccs3)CC2)c(C)o1. The van der Waals surface area contributed by atoms with Crippen molar-refractivity contribution in [3.05, 3.63) is 45.5 Å². The summed E-state index contributed by atoms with van der Waals surface area (Å²) in [5, 5.41) is 15.6. The summed E-state index contributed by atoms with van der Waals surface area (Å²) in [6.07, 6.45) is 1.69. The number of carbonyl (C=O) groups excluding carboxylic acids is 2. The van der Waals surface area contributed by atoms with Crippen molar-refractivity contribution >= 4 is 23.2 Å². The van der Waals surface area contributed by atoms with Crippen LogP contribution in [-0.2, 0) is 0 Å². The van der Waals surface area contributed by atoms with Crippen LogP contribution in [0, 0.1) is 13.8 Å². The van der Waals surface area contributed by atoms with Crippen LogP contribution < -0.4 is 5.32 Å². The second kappa shape index (κ2) is 7.63. The fourth-order valence-electron chi connectivity index (χ4n) is 3.31. The van der Waals surface area contributed by atoms with Crippen LogP contribution in [0.2, 0.25) is 0 Å². The van der Waals surface area contributed by atoms with Crippen molar-refractivity contribution in [1.82, 2.24) is 10.2 Å². The summed E-state index contributed by atoms with van der Waals surface area (Å²) < 4.78 is 5.38. The van der Waals surface area contributed by atoms with Gasteiger partial charge in [0, 0.05) is 19.6 Å². The number of hydrogen-bond donors (Lipinski definition) is 2. The van der Waals surface area contributed by atoms with Crippen LogP contribution >= 0.6 is 11.3 Å². The fourth-order valence-corrected chi connectivity index (χ4v) is 4.00. The summed E-state index contributed by atoms with van der Waals surface area (Å²) in [6.45, 7) is 4.80. The Kier molecular flexibility index (Phi) is 5.48. The summed E-state index contributed by atoms with van der Waals surface area (Å²) in [5.74, 6) is 1.02. The highest BCUT2D eigenvalue weighted by atomic mass is 32.1. The minimum atomic E-state index is -1.01. The lowest BCUT2D eigenvalue weighted by Gasteiger charge is -2.27. The first-order chi connectivity index (χ1) is 12.4. The molecule has 2 aromatic heterocycles. The van der Waals surface area contributed by atoms with Gasteiger partial charge in [-0.1, -0.05) is 6.07 Å². The van der Waals surface area contributed by atoms with Crippen LogP contribution in [0.5, 0.6) is 0 Å². The minimum absolute atomic E-state index is 0.0118. The molecule has 2 aromatic rings. The lowest BCUT2D eigenvalue weighted by Crippen LogP contribution is -2.44. The van der Waals surface area contributed by atoms with Crippen molar-refractivity contribution in [3.8, 4) is 0 Å².